The quantitative estimate of drug-likeness (QED) is 0.612. The van der Waals surface area contributed by atoms with Gasteiger partial charge in [-0.2, -0.15) is 0 Å². The van der Waals surface area contributed by atoms with Crippen LogP contribution in [0.1, 0.15) is 29.5 Å². The van der Waals surface area contributed by atoms with Crippen molar-refractivity contribution in [1.29, 1.82) is 0 Å². The van der Waals surface area contributed by atoms with Crippen LogP contribution < -0.4 is 5.32 Å². The third kappa shape index (κ3) is 5.97. The third-order valence-electron chi connectivity index (χ3n) is 6.13. The van der Waals surface area contributed by atoms with Crippen LogP contribution in [-0.4, -0.2) is 57.4 Å². The average molecular weight is 453 g/mol. The first kappa shape index (κ1) is 25.1. The van der Waals surface area contributed by atoms with E-state index in [1.807, 2.05) is 0 Å². The minimum atomic E-state index is -0.0397. The number of halogens is 2. The molecule has 1 N–H and O–H groups in total. The molecule has 1 atom stereocenters. The number of rotatable bonds is 8. The van der Waals surface area contributed by atoms with Crippen LogP contribution in [0.4, 0.5) is 0 Å². The largest absolute Gasteiger partial charge is 0.379 e. The number of benzene rings is 2. The van der Waals surface area contributed by atoms with Gasteiger partial charge in [-0.25, -0.2) is 0 Å². The Balaban J connectivity index is 0.00000160. The van der Waals surface area contributed by atoms with Gasteiger partial charge in [-0.3, -0.25) is 4.90 Å². The number of nitrogens with zero attached hydrogens (tertiary/aromatic N) is 1. The van der Waals surface area contributed by atoms with Gasteiger partial charge >= 0.3 is 0 Å². The summed E-state index contributed by atoms with van der Waals surface area (Å²) >= 11 is 0. The SMILES string of the molecule is Cl.Cl.c1ccc(C2(CCCNCCN3CCOCC3)COCc3ccccc32)cc1. The van der Waals surface area contributed by atoms with Crippen molar-refractivity contribution < 1.29 is 9.47 Å². The number of ether oxygens (including phenoxy) is 2. The zero-order valence-corrected chi connectivity index (χ0v) is 19.2. The molecule has 30 heavy (non-hydrogen) atoms. The molecule has 2 aliphatic rings. The van der Waals surface area contributed by atoms with E-state index in [-0.39, 0.29) is 30.2 Å². The van der Waals surface area contributed by atoms with Gasteiger partial charge in [0.05, 0.1) is 26.4 Å². The first-order valence-corrected chi connectivity index (χ1v) is 10.6. The molecule has 0 radical (unpaired) electrons. The van der Waals surface area contributed by atoms with Gasteiger partial charge in [0, 0.05) is 31.6 Å². The molecular formula is C24H34Cl2N2O2. The fraction of sp³-hybridized carbons (Fsp3) is 0.500. The van der Waals surface area contributed by atoms with Gasteiger partial charge in [0.15, 0.2) is 0 Å². The van der Waals surface area contributed by atoms with E-state index in [0.29, 0.717) is 0 Å². The standard InChI is InChI=1S/C24H32N2O2.2ClH/c1-2-8-22(9-3-1)24(20-28-19-21-7-4-5-10-23(21)24)11-6-12-25-13-14-26-15-17-27-18-16-26;;/h1-5,7-10,25H,6,11-20H2;2*1H. The Morgan fingerprint density at radius 2 is 1.60 bits per heavy atom. The average Bonchev–Trinajstić information content (AvgIpc) is 2.77. The molecule has 4 rings (SSSR count). The van der Waals surface area contributed by atoms with Crippen LogP contribution in [0, 0.1) is 0 Å². The summed E-state index contributed by atoms with van der Waals surface area (Å²) in [5.74, 6) is 0. The summed E-state index contributed by atoms with van der Waals surface area (Å²) < 4.78 is 11.5. The number of fused-ring (bicyclic) bond motifs is 1. The monoisotopic (exact) mass is 452 g/mol. The summed E-state index contributed by atoms with van der Waals surface area (Å²) in [5, 5.41) is 3.64. The maximum absolute atomic E-state index is 6.08. The Bertz CT molecular complexity index is 741. The minimum Gasteiger partial charge on any atom is -0.379 e. The van der Waals surface area contributed by atoms with Gasteiger partial charge in [0.1, 0.15) is 0 Å². The lowest BCUT2D eigenvalue weighted by atomic mass is 9.69. The van der Waals surface area contributed by atoms with Crippen LogP contribution in [-0.2, 0) is 21.5 Å². The van der Waals surface area contributed by atoms with Crippen molar-refractivity contribution in [3.8, 4) is 0 Å². The van der Waals surface area contributed by atoms with E-state index >= 15 is 0 Å². The molecule has 0 aliphatic carbocycles. The predicted molar refractivity (Wildman–Crippen MR) is 127 cm³/mol. The Hall–Kier alpha value is -1.14. The van der Waals surface area contributed by atoms with E-state index < -0.39 is 0 Å². The Labute approximate surface area is 193 Å². The molecule has 1 unspecified atom stereocenters. The minimum absolute atomic E-state index is 0. The van der Waals surface area contributed by atoms with Crippen LogP contribution in [0.3, 0.4) is 0 Å². The van der Waals surface area contributed by atoms with Gasteiger partial charge in [-0.05, 0) is 36.1 Å². The summed E-state index contributed by atoms with van der Waals surface area (Å²) in [6, 6.07) is 19.7. The second kappa shape index (κ2) is 12.7. The van der Waals surface area contributed by atoms with Gasteiger partial charge < -0.3 is 14.8 Å². The summed E-state index contributed by atoms with van der Waals surface area (Å²) in [6.07, 6.45) is 2.23. The lowest BCUT2D eigenvalue weighted by Crippen LogP contribution is -2.41. The molecule has 1 fully saturated rings. The molecule has 2 aromatic carbocycles. The van der Waals surface area contributed by atoms with Crippen molar-refractivity contribution in [2.75, 3.05) is 52.5 Å². The molecule has 6 heteroatoms. The van der Waals surface area contributed by atoms with Crippen LogP contribution >= 0.6 is 24.8 Å². The fourth-order valence-corrected chi connectivity index (χ4v) is 4.58. The summed E-state index contributed by atoms with van der Waals surface area (Å²) in [7, 11) is 0. The van der Waals surface area contributed by atoms with Gasteiger partial charge in [-0.15, -0.1) is 24.8 Å². The smallest absolute Gasteiger partial charge is 0.0720 e. The van der Waals surface area contributed by atoms with Crippen LogP contribution in [0.2, 0.25) is 0 Å². The van der Waals surface area contributed by atoms with E-state index in [4.69, 9.17) is 9.47 Å². The van der Waals surface area contributed by atoms with Crippen LogP contribution in [0.25, 0.3) is 0 Å². The van der Waals surface area contributed by atoms with Gasteiger partial charge in [-0.1, -0.05) is 54.6 Å². The highest BCUT2D eigenvalue weighted by atomic mass is 35.5. The summed E-state index contributed by atoms with van der Waals surface area (Å²) in [5.41, 5.74) is 4.11. The van der Waals surface area contributed by atoms with Crippen molar-refractivity contribution in [3.63, 3.8) is 0 Å². The number of hydrogen-bond donors (Lipinski definition) is 1. The zero-order valence-electron chi connectivity index (χ0n) is 17.6. The molecule has 4 nitrogen and oxygen atoms in total. The zero-order chi connectivity index (χ0) is 19.1. The van der Waals surface area contributed by atoms with Crippen molar-refractivity contribution in [2.45, 2.75) is 24.9 Å². The lowest BCUT2D eigenvalue weighted by Gasteiger charge is -2.40. The van der Waals surface area contributed by atoms with Crippen molar-refractivity contribution >= 4 is 24.8 Å². The molecule has 0 amide bonds. The number of morpholine rings is 1. The second-order valence-electron chi connectivity index (χ2n) is 7.91. The van der Waals surface area contributed by atoms with Crippen LogP contribution in [0.5, 0.6) is 0 Å². The van der Waals surface area contributed by atoms with Gasteiger partial charge in [0.25, 0.3) is 0 Å². The molecule has 2 heterocycles. The molecule has 0 bridgehead atoms. The molecule has 0 saturated carbocycles. The summed E-state index contributed by atoms with van der Waals surface area (Å²) in [4.78, 5) is 2.48. The molecule has 166 valence electrons. The highest BCUT2D eigenvalue weighted by Gasteiger charge is 2.38. The Morgan fingerprint density at radius 3 is 2.40 bits per heavy atom. The van der Waals surface area contributed by atoms with Crippen molar-refractivity contribution in [2.24, 2.45) is 0 Å². The Kier molecular flexibility index (Phi) is 10.6. The molecule has 2 aromatic rings. The first-order valence-electron chi connectivity index (χ1n) is 10.6. The van der Waals surface area contributed by atoms with E-state index in [1.54, 1.807) is 0 Å². The second-order valence-corrected chi connectivity index (χ2v) is 7.91. The number of nitrogens with one attached hydrogen (secondary N) is 1. The maximum Gasteiger partial charge on any atom is 0.0720 e. The lowest BCUT2D eigenvalue weighted by molar-refractivity contribution is 0.0384. The maximum atomic E-state index is 6.08. The van der Waals surface area contributed by atoms with Crippen molar-refractivity contribution in [3.05, 3.63) is 71.3 Å². The highest BCUT2D eigenvalue weighted by molar-refractivity contribution is 5.85. The fourth-order valence-electron chi connectivity index (χ4n) is 4.58. The number of hydrogen-bond acceptors (Lipinski definition) is 4. The van der Waals surface area contributed by atoms with E-state index in [9.17, 15) is 0 Å². The predicted octanol–water partition coefficient (Wildman–Crippen LogP) is 4.05. The van der Waals surface area contributed by atoms with Gasteiger partial charge in [0.2, 0.25) is 0 Å². The topological polar surface area (TPSA) is 33.7 Å². The molecule has 2 aliphatic heterocycles. The molecule has 0 aromatic heterocycles. The Morgan fingerprint density at radius 1 is 0.867 bits per heavy atom. The van der Waals surface area contributed by atoms with Crippen LogP contribution in [0.15, 0.2) is 54.6 Å². The van der Waals surface area contributed by atoms with E-state index in [2.05, 4.69) is 64.8 Å². The summed E-state index contributed by atoms with van der Waals surface area (Å²) in [6.45, 7) is 8.56. The normalized spacial score (nSPS) is 21.2. The highest BCUT2D eigenvalue weighted by Crippen LogP contribution is 2.41. The molecule has 0 spiro atoms. The van der Waals surface area contributed by atoms with E-state index in [1.165, 1.54) is 16.7 Å². The third-order valence-corrected chi connectivity index (χ3v) is 6.13. The molecular weight excluding hydrogens is 419 g/mol. The first-order chi connectivity index (χ1) is 13.9. The van der Waals surface area contributed by atoms with Crippen molar-refractivity contribution in [1.82, 2.24) is 10.2 Å². The molecule has 1 saturated heterocycles. The van der Waals surface area contributed by atoms with E-state index in [0.717, 1.165) is 72.0 Å².